The van der Waals surface area contributed by atoms with Crippen LogP contribution in [0.3, 0.4) is 0 Å². The number of benzene rings is 2. The van der Waals surface area contributed by atoms with Gasteiger partial charge >= 0.3 is 6.03 Å². The zero-order valence-electron chi connectivity index (χ0n) is 17.4. The number of likely N-dealkylation sites (tertiary alicyclic amines) is 1. The summed E-state index contributed by atoms with van der Waals surface area (Å²) in [5.74, 6) is 0.0945. The Bertz CT molecular complexity index is 892. The van der Waals surface area contributed by atoms with E-state index in [4.69, 9.17) is 0 Å². The lowest BCUT2D eigenvalue weighted by molar-refractivity contribution is -0.128. The number of carbonyl (C=O) groups excluding carboxylic acids is 3. The summed E-state index contributed by atoms with van der Waals surface area (Å²) < 4.78 is 0. The first-order chi connectivity index (χ1) is 14.4. The molecular weight excluding hydrogens is 380 g/mol. The van der Waals surface area contributed by atoms with Crippen LogP contribution in [-0.2, 0) is 22.7 Å². The summed E-state index contributed by atoms with van der Waals surface area (Å²) in [4.78, 5) is 37.4. The van der Waals surface area contributed by atoms with Gasteiger partial charge in [0.05, 0.1) is 0 Å². The Kier molecular flexibility index (Phi) is 7.06. The molecule has 0 saturated carbocycles. The summed E-state index contributed by atoms with van der Waals surface area (Å²) in [6.45, 7) is 5.48. The van der Waals surface area contributed by atoms with Crippen LogP contribution in [0, 0.1) is 5.92 Å². The number of nitrogens with zero attached hydrogens (tertiary/aromatic N) is 1. The molecule has 0 radical (unpaired) electrons. The first kappa shape index (κ1) is 21.4. The molecule has 0 unspecified atom stereocenters. The molecule has 3 rings (SSSR count). The van der Waals surface area contributed by atoms with Gasteiger partial charge in [-0.25, -0.2) is 4.79 Å². The number of hydrogen-bond donors (Lipinski definition) is 3. The highest BCUT2D eigenvalue weighted by molar-refractivity contribution is 5.92. The minimum absolute atomic E-state index is 0.0294. The predicted molar refractivity (Wildman–Crippen MR) is 117 cm³/mol. The van der Waals surface area contributed by atoms with E-state index in [-0.39, 0.29) is 23.8 Å². The number of urea groups is 1. The Morgan fingerprint density at radius 1 is 0.933 bits per heavy atom. The van der Waals surface area contributed by atoms with Gasteiger partial charge in [-0.3, -0.25) is 9.59 Å². The molecule has 158 valence electrons. The smallest absolute Gasteiger partial charge is 0.319 e. The summed E-state index contributed by atoms with van der Waals surface area (Å²) in [6, 6.07) is 14.6. The molecule has 1 saturated heterocycles. The number of carbonyl (C=O) groups is 3. The second kappa shape index (κ2) is 9.91. The molecule has 0 spiro atoms. The maximum Gasteiger partial charge on any atom is 0.319 e. The molecule has 2 aromatic rings. The van der Waals surface area contributed by atoms with Gasteiger partial charge in [-0.2, -0.15) is 0 Å². The number of hydrogen-bond acceptors (Lipinski definition) is 3. The van der Waals surface area contributed by atoms with Gasteiger partial charge in [0.25, 0.3) is 0 Å². The fourth-order valence-electron chi connectivity index (χ4n) is 3.14. The van der Waals surface area contributed by atoms with Crippen LogP contribution in [0.2, 0.25) is 0 Å². The van der Waals surface area contributed by atoms with Crippen molar-refractivity contribution < 1.29 is 14.4 Å². The number of rotatable bonds is 7. The van der Waals surface area contributed by atoms with Gasteiger partial charge in [0.2, 0.25) is 11.8 Å². The molecule has 2 aromatic carbocycles. The van der Waals surface area contributed by atoms with Gasteiger partial charge in [-0.15, -0.1) is 0 Å². The van der Waals surface area contributed by atoms with E-state index in [0.29, 0.717) is 25.2 Å². The lowest BCUT2D eigenvalue weighted by Crippen LogP contribution is -2.28. The highest BCUT2D eigenvalue weighted by atomic mass is 16.2. The van der Waals surface area contributed by atoms with Crippen molar-refractivity contribution in [1.82, 2.24) is 10.2 Å². The molecule has 0 aliphatic carbocycles. The Labute approximate surface area is 176 Å². The molecular formula is C23H28N4O3. The minimum atomic E-state index is -0.297. The van der Waals surface area contributed by atoms with E-state index in [2.05, 4.69) is 16.0 Å². The molecule has 0 aromatic heterocycles. The van der Waals surface area contributed by atoms with Crippen molar-refractivity contribution in [2.75, 3.05) is 17.2 Å². The van der Waals surface area contributed by atoms with E-state index in [9.17, 15) is 14.4 Å². The average Bonchev–Trinajstić information content (AvgIpc) is 3.13. The van der Waals surface area contributed by atoms with E-state index >= 15 is 0 Å². The van der Waals surface area contributed by atoms with Crippen molar-refractivity contribution >= 4 is 29.2 Å². The highest BCUT2D eigenvalue weighted by Crippen LogP contribution is 2.16. The Morgan fingerprint density at radius 2 is 1.53 bits per heavy atom. The van der Waals surface area contributed by atoms with Crippen LogP contribution in [-0.4, -0.2) is 29.3 Å². The molecule has 4 amide bonds. The third-order valence-electron chi connectivity index (χ3n) is 4.96. The van der Waals surface area contributed by atoms with Gasteiger partial charge in [0.15, 0.2) is 0 Å². The van der Waals surface area contributed by atoms with E-state index in [1.54, 1.807) is 0 Å². The molecule has 30 heavy (non-hydrogen) atoms. The lowest BCUT2D eigenvalue weighted by atomic mass is 10.1. The van der Waals surface area contributed by atoms with Gasteiger partial charge in [0, 0.05) is 43.3 Å². The quantitative estimate of drug-likeness (QED) is 0.652. The fraction of sp³-hybridized carbons (Fsp3) is 0.348. The molecule has 0 atom stereocenters. The minimum Gasteiger partial charge on any atom is -0.338 e. The summed E-state index contributed by atoms with van der Waals surface area (Å²) in [6.07, 6.45) is 1.56. The summed E-state index contributed by atoms with van der Waals surface area (Å²) >= 11 is 0. The summed E-state index contributed by atoms with van der Waals surface area (Å²) in [5.41, 5.74) is 3.40. The Morgan fingerprint density at radius 3 is 2.10 bits per heavy atom. The average molecular weight is 409 g/mol. The molecule has 1 heterocycles. The van der Waals surface area contributed by atoms with Crippen LogP contribution >= 0.6 is 0 Å². The van der Waals surface area contributed by atoms with Crippen molar-refractivity contribution in [3.05, 3.63) is 59.7 Å². The number of anilines is 2. The Hall–Kier alpha value is -3.35. The highest BCUT2D eigenvalue weighted by Gasteiger charge is 2.19. The largest absolute Gasteiger partial charge is 0.338 e. The second-order valence-electron chi connectivity index (χ2n) is 7.76. The monoisotopic (exact) mass is 408 g/mol. The van der Waals surface area contributed by atoms with E-state index in [1.165, 1.54) is 0 Å². The van der Waals surface area contributed by atoms with Crippen LogP contribution in [0.4, 0.5) is 16.2 Å². The van der Waals surface area contributed by atoms with Crippen LogP contribution < -0.4 is 16.0 Å². The van der Waals surface area contributed by atoms with Crippen LogP contribution in [0.15, 0.2) is 48.5 Å². The molecule has 1 aliphatic rings. The van der Waals surface area contributed by atoms with Crippen molar-refractivity contribution in [2.24, 2.45) is 5.92 Å². The summed E-state index contributed by atoms with van der Waals surface area (Å²) in [5, 5.41) is 8.45. The van der Waals surface area contributed by atoms with Crippen LogP contribution in [0.5, 0.6) is 0 Å². The molecule has 3 N–H and O–H groups in total. The SMILES string of the molecule is CC(C)C(=O)Nc1ccc(CNC(=O)Nc2ccc(CN3CCCC3=O)cc2)cc1. The van der Waals surface area contributed by atoms with Gasteiger partial charge in [-0.1, -0.05) is 38.1 Å². The van der Waals surface area contributed by atoms with Gasteiger partial charge < -0.3 is 20.9 Å². The zero-order chi connectivity index (χ0) is 21.5. The lowest BCUT2D eigenvalue weighted by Gasteiger charge is -2.15. The molecule has 7 nitrogen and oxygen atoms in total. The molecule has 1 fully saturated rings. The van der Waals surface area contributed by atoms with Gasteiger partial charge in [0.1, 0.15) is 0 Å². The normalized spacial score (nSPS) is 13.4. The maximum atomic E-state index is 12.1. The summed E-state index contributed by atoms with van der Waals surface area (Å²) in [7, 11) is 0. The Balaban J connectivity index is 1.44. The first-order valence-corrected chi connectivity index (χ1v) is 10.2. The van der Waals surface area contributed by atoms with Gasteiger partial charge in [-0.05, 0) is 41.8 Å². The van der Waals surface area contributed by atoms with Crippen molar-refractivity contribution in [2.45, 2.75) is 39.8 Å². The third-order valence-corrected chi connectivity index (χ3v) is 4.96. The van der Waals surface area contributed by atoms with E-state index in [1.807, 2.05) is 67.3 Å². The topological polar surface area (TPSA) is 90.5 Å². The van der Waals surface area contributed by atoms with Crippen molar-refractivity contribution in [1.29, 1.82) is 0 Å². The zero-order valence-corrected chi connectivity index (χ0v) is 17.4. The molecule has 0 bridgehead atoms. The first-order valence-electron chi connectivity index (χ1n) is 10.2. The van der Waals surface area contributed by atoms with Crippen LogP contribution in [0.1, 0.15) is 37.8 Å². The van der Waals surface area contributed by atoms with E-state index < -0.39 is 0 Å². The standard InChI is InChI=1S/C23H28N4O3/c1-16(2)22(29)25-19-9-5-17(6-10-19)14-24-23(30)26-20-11-7-18(8-12-20)15-27-13-3-4-21(27)28/h5-12,16H,3-4,13-15H2,1-2H3,(H,25,29)(H2,24,26,30). The molecule has 1 aliphatic heterocycles. The predicted octanol–water partition coefficient (Wildman–Crippen LogP) is 3.73. The fourth-order valence-corrected chi connectivity index (χ4v) is 3.14. The van der Waals surface area contributed by atoms with Crippen molar-refractivity contribution in [3.8, 4) is 0 Å². The van der Waals surface area contributed by atoms with Crippen molar-refractivity contribution in [3.63, 3.8) is 0 Å². The maximum absolute atomic E-state index is 12.1. The second-order valence-corrected chi connectivity index (χ2v) is 7.76. The number of nitrogens with one attached hydrogen (secondary N) is 3. The molecule has 7 heteroatoms. The van der Waals surface area contributed by atoms with E-state index in [0.717, 1.165) is 29.8 Å². The third kappa shape index (κ3) is 6.07. The number of amides is 4. The van der Waals surface area contributed by atoms with Crippen LogP contribution in [0.25, 0.3) is 0 Å².